The van der Waals surface area contributed by atoms with Crippen molar-refractivity contribution in [1.82, 2.24) is 4.90 Å². The van der Waals surface area contributed by atoms with Crippen molar-refractivity contribution in [2.75, 3.05) is 25.7 Å². The van der Waals surface area contributed by atoms with Gasteiger partial charge in [-0.1, -0.05) is 0 Å². The highest BCUT2D eigenvalue weighted by Gasteiger charge is 2.27. The number of hydrogen-bond acceptors (Lipinski definition) is 6. The van der Waals surface area contributed by atoms with E-state index in [1.807, 2.05) is 6.26 Å². The lowest BCUT2D eigenvalue weighted by Crippen LogP contribution is -2.22. The number of benzene rings is 1. The van der Waals surface area contributed by atoms with Crippen LogP contribution in [0.5, 0.6) is 11.5 Å². The highest BCUT2D eigenvalue weighted by atomic mass is 32.2. The molecule has 118 valence electrons. The maximum absolute atomic E-state index is 11.6. The van der Waals surface area contributed by atoms with Crippen LogP contribution in [-0.4, -0.2) is 42.2 Å². The number of carbonyl (C=O) groups excluding carboxylic acids is 2. The smallest absolute Gasteiger partial charge is 0.233 e. The van der Waals surface area contributed by atoms with Gasteiger partial charge in [0.15, 0.2) is 11.5 Å². The van der Waals surface area contributed by atoms with E-state index < -0.39 is 0 Å². The van der Waals surface area contributed by atoms with Gasteiger partial charge in [0.05, 0.1) is 12.8 Å². The van der Waals surface area contributed by atoms with Crippen molar-refractivity contribution < 1.29 is 19.4 Å². The van der Waals surface area contributed by atoms with Crippen LogP contribution in [0.15, 0.2) is 17.2 Å². The minimum absolute atomic E-state index is 0.0267. The molecule has 1 heterocycles. The number of rotatable bonds is 5. The number of ether oxygens (including phenoxy) is 1. The first-order chi connectivity index (χ1) is 10.5. The van der Waals surface area contributed by atoms with Gasteiger partial charge in [-0.25, -0.2) is 0 Å². The summed E-state index contributed by atoms with van der Waals surface area (Å²) in [5, 5.41) is 13.4. The van der Waals surface area contributed by atoms with E-state index in [1.165, 1.54) is 25.1 Å². The van der Waals surface area contributed by atoms with E-state index >= 15 is 0 Å². The zero-order valence-electron chi connectivity index (χ0n) is 12.7. The summed E-state index contributed by atoms with van der Waals surface area (Å²) in [6.45, 7) is 0. The predicted molar refractivity (Wildman–Crippen MR) is 86.1 cm³/mol. The third-order valence-corrected chi connectivity index (χ3v) is 4.28. The van der Waals surface area contributed by atoms with Crippen molar-refractivity contribution in [2.45, 2.75) is 17.7 Å². The summed E-state index contributed by atoms with van der Waals surface area (Å²) < 4.78 is 5.16. The first-order valence-corrected chi connectivity index (χ1v) is 7.94. The number of thioether (sulfide) groups is 1. The second-order valence-electron chi connectivity index (χ2n) is 4.65. The molecular weight excluding hydrogens is 304 g/mol. The monoisotopic (exact) mass is 322 g/mol. The fourth-order valence-electron chi connectivity index (χ4n) is 2.28. The topological polar surface area (TPSA) is 78.9 Å². The van der Waals surface area contributed by atoms with Crippen molar-refractivity contribution in [3.8, 4) is 11.5 Å². The van der Waals surface area contributed by atoms with Crippen molar-refractivity contribution in [3.05, 3.63) is 17.8 Å². The van der Waals surface area contributed by atoms with Crippen molar-refractivity contribution >= 4 is 35.3 Å². The van der Waals surface area contributed by atoms with E-state index in [4.69, 9.17) is 4.74 Å². The van der Waals surface area contributed by atoms with Crippen LogP contribution in [0.3, 0.4) is 0 Å². The Morgan fingerprint density at radius 1 is 1.36 bits per heavy atom. The van der Waals surface area contributed by atoms with Gasteiger partial charge in [0.25, 0.3) is 0 Å². The Kier molecular flexibility index (Phi) is 4.97. The molecule has 0 saturated carbocycles. The summed E-state index contributed by atoms with van der Waals surface area (Å²) in [7, 11) is 3.24. The normalized spacial score (nSPS) is 15.0. The number of hydrogen-bond donors (Lipinski definition) is 2. The molecule has 1 saturated heterocycles. The van der Waals surface area contributed by atoms with E-state index in [0.29, 0.717) is 11.3 Å². The Morgan fingerprint density at radius 3 is 2.50 bits per heavy atom. The molecule has 22 heavy (non-hydrogen) atoms. The van der Waals surface area contributed by atoms with Gasteiger partial charge in [-0.3, -0.25) is 14.5 Å². The number of phenolic OH excluding ortho intramolecular Hbond substituents is 1. The van der Waals surface area contributed by atoms with Crippen LogP contribution in [0.2, 0.25) is 0 Å². The van der Waals surface area contributed by atoms with Crippen LogP contribution in [0.25, 0.3) is 6.08 Å². The Labute approximate surface area is 133 Å². The number of amides is 2. The number of nitrogens with zero attached hydrogens (tertiary/aromatic N) is 1. The minimum Gasteiger partial charge on any atom is -0.504 e. The van der Waals surface area contributed by atoms with E-state index in [1.54, 1.807) is 19.2 Å². The predicted octanol–water partition coefficient (Wildman–Crippen LogP) is 2.28. The molecule has 0 aromatic heterocycles. The molecule has 0 spiro atoms. The fourth-order valence-corrected chi connectivity index (χ4v) is 3.04. The van der Waals surface area contributed by atoms with Crippen LogP contribution >= 0.6 is 11.8 Å². The second kappa shape index (κ2) is 6.74. The molecule has 2 rings (SSSR count). The number of phenols is 1. The highest BCUT2D eigenvalue weighted by Crippen LogP contribution is 2.42. The Bertz CT molecular complexity index is 627. The number of aromatic hydroxyl groups is 1. The minimum atomic E-state index is -0.233. The third-order valence-electron chi connectivity index (χ3n) is 3.43. The molecule has 1 aliphatic rings. The van der Waals surface area contributed by atoms with Crippen molar-refractivity contribution in [3.63, 3.8) is 0 Å². The lowest BCUT2D eigenvalue weighted by Gasteiger charge is -2.16. The number of carbonyl (C=O) groups is 2. The van der Waals surface area contributed by atoms with Gasteiger partial charge in [0.2, 0.25) is 11.8 Å². The molecule has 1 aromatic rings. The molecule has 0 unspecified atom stereocenters. The third kappa shape index (κ3) is 2.89. The van der Waals surface area contributed by atoms with Crippen molar-refractivity contribution in [1.29, 1.82) is 0 Å². The average molecular weight is 322 g/mol. The first kappa shape index (κ1) is 16.2. The molecular formula is C15H18N2O4S. The largest absolute Gasteiger partial charge is 0.504 e. The quantitative estimate of drug-likeness (QED) is 0.492. The molecule has 6 nitrogen and oxygen atoms in total. The summed E-state index contributed by atoms with van der Waals surface area (Å²) in [4.78, 5) is 25.2. The summed E-state index contributed by atoms with van der Waals surface area (Å²) in [5.41, 5.74) is 1.30. The first-order valence-electron chi connectivity index (χ1n) is 6.72. The molecule has 0 aliphatic carbocycles. The van der Waals surface area contributed by atoms with Gasteiger partial charge in [0, 0.05) is 42.6 Å². The number of methoxy groups -OCH3 is 1. The standard InChI is InChI=1S/C15H18N2O4S/c1-16-10-8-11(21-2)14(20)9(15(10)22-3)6-7-17-12(18)4-5-13(17)19/h6-8,16,20H,4-5H2,1-3H3/b7-6+. The molecule has 1 fully saturated rings. The van der Waals surface area contributed by atoms with Gasteiger partial charge in [-0.2, -0.15) is 0 Å². The van der Waals surface area contributed by atoms with Crippen LogP contribution in [0, 0.1) is 0 Å². The summed E-state index contributed by atoms with van der Waals surface area (Å²) in [5.74, 6) is -0.173. The summed E-state index contributed by atoms with van der Waals surface area (Å²) >= 11 is 1.45. The zero-order valence-corrected chi connectivity index (χ0v) is 13.5. The maximum Gasteiger partial charge on any atom is 0.233 e. The second-order valence-corrected chi connectivity index (χ2v) is 5.46. The van der Waals surface area contributed by atoms with E-state index in [-0.39, 0.29) is 30.4 Å². The molecule has 1 aromatic carbocycles. The van der Waals surface area contributed by atoms with Gasteiger partial charge in [-0.15, -0.1) is 11.8 Å². The summed E-state index contributed by atoms with van der Waals surface area (Å²) in [6, 6.07) is 1.70. The molecule has 2 amide bonds. The van der Waals surface area contributed by atoms with Crippen LogP contribution in [0.4, 0.5) is 5.69 Å². The molecule has 0 atom stereocenters. The Hall–Kier alpha value is -2.15. The molecule has 0 radical (unpaired) electrons. The fraction of sp³-hybridized carbons (Fsp3) is 0.333. The number of anilines is 1. The van der Waals surface area contributed by atoms with E-state index in [2.05, 4.69) is 5.32 Å². The Morgan fingerprint density at radius 2 is 2.00 bits per heavy atom. The van der Waals surface area contributed by atoms with Gasteiger partial charge >= 0.3 is 0 Å². The molecule has 7 heteroatoms. The highest BCUT2D eigenvalue weighted by molar-refractivity contribution is 7.98. The van der Waals surface area contributed by atoms with Gasteiger partial charge < -0.3 is 15.2 Å². The molecule has 1 aliphatic heterocycles. The molecule has 2 N–H and O–H groups in total. The number of nitrogens with one attached hydrogen (secondary N) is 1. The maximum atomic E-state index is 11.6. The van der Waals surface area contributed by atoms with Crippen LogP contribution in [-0.2, 0) is 9.59 Å². The van der Waals surface area contributed by atoms with Crippen LogP contribution in [0.1, 0.15) is 18.4 Å². The Balaban J connectivity index is 2.48. The average Bonchev–Trinajstić information content (AvgIpc) is 2.84. The number of likely N-dealkylation sites (tertiary alicyclic amines) is 1. The number of imide groups is 1. The molecule has 0 bridgehead atoms. The van der Waals surface area contributed by atoms with Gasteiger partial charge in [0.1, 0.15) is 0 Å². The summed E-state index contributed by atoms with van der Waals surface area (Å²) in [6.07, 6.45) is 5.30. The van der Waals surface area contributed by atoms with Crippen molar-refractivity contribution in [2.24, 2.45) is 0 Å². The van der Waals surface area contributed by atoms with Crippen LogP contribution < -0.4 is 10.1 Å². The van der Waals surface area contributed by atoms with E-state index in [9.17, 15) is 14.7 Å². The van der Waals surface area contributed by atoms with E-state index in [0.717, 1.165) is 15.5 Å². The SMILES string of the molecule is CNc1cc(OC)c(O)c(/C=C/N2C(=O)CCC2=O)c1SC. The van der Waals surface area contributed by atoms with Gasteiger partial charge in [-0.05, 0) is 12.3 Å². The zero-order chi connectivity index (χ0) is 16.3. The lowest BCUT2D eigenvalue weighted by molar-refractivity contribution is -0.135. The lowest BCUT2D eigenvalue weighted by atomic mass is 10.1.